The second-order valence-electron chi connectivity index (χ2n) is 9.68. The number of benzene rings is 2. The van der Waals surface area contributed by atoms with Crippen molar-refractivity contribution in [3.8, 4) is 22.6 Å². The fraction of sp³-hybridized carbons (Fsp3) is 0.310. The standard InChI is InChI=1S/C29H28N2O5/c1-34-23-8-5-20(6-9-23)25-14-21-7-10-24(15-27(21)36-29(25)33)35-12-11-30-16-19-13-22(18-30)26-3-2-4-28(32)31(26)17-19/h2-10,14-15,19,22H,11-13,16-18H2,1H3/t19-,22-/m0/s1. The maximum absolute atomic E-state index is 12.7. The van der Waals surface area contributed by atoms with Gasteiger partial charge in [-0.3, -0.25) is 9.69 Å². The third kappa shape index (κ3) is 4.31. The van der Waals surface area contributed by atoms with Gasteiger partial charge in [-0.1, -0.05) is 18.2 Å². The van der Waals surface area contributed by atoms with Gasteiger partial charge in [0, 0.05) is 55.3 Å². The largest absolute Gasteiger partial charge is 0.497 e. The van der Waals surface area contributed by atoms with Crippen LogP contribution in [0.15, 0.2) is 80.7 Å². The molecule has 2 atom stereocenters. The lowest BCUT2D eigenvalue weighted by Crippen LogP contribution is -2.48. The van der Waals surface area contributed by atoms with Crippen LogP contribution in [-0.4, -0.2) is 42.8 Å². The van der Waals surface area contributed by atoms with Crippen LogP contribution < -0.4 is 20.7 Å². The second kappa shape index (κ2) is 9.32. The Kier molecular flexibility index (Phi) is 5.85. The summed E-state index contributed by atoms with van der Waals surface area (Å²) < 4.78 is 18.8. The molecule has 184 valence electrons. The number of aromatic nitrogens is 1. The van der Waals surface area contributed by atoms with E-state index in [2.05, 4.69) is 11.0 Å². The number of rotatable bonds is 6. The Balaban J connectivity index is 1.12. The van der Waals surface area contributed by atoms with E-state index in [1.165, 1.54) is 0 Å². The summed E-state index contributed by atoms with van der Waals surface area (Å²) in [6, 6.07) is 20.4. The molecule has 0 unspecified atom stereocenters. The van der Waals surface area contributed by atoms with Crippen LogP contribution in [0.4, 0.5) is 0 Å². The monoisotopic (exact) mass is 484 g/mol. The molecule has 0 spiro atoms. The highest BCUT2D eigenvalue weighted by Gasteiger charge is 2.34. The van der Waals surface area contributed by atoms with Crippen molar-refractivity contribution in [2.75, 3.05) is 33.4 Å². The number of likely N-dealkylation sites (tertiary alicyclic amines) is 1. The number of methoxy groups -OCH3 is 1. The molecule has 0 amide bonds. The number of fused-ring (bicyclic) bond motifs is 5. The molecule has 2 bridgehead atoms. The van der Waals surface area contributed by atoms with Crippen molar-refractivity contribution in [3.05, 3.63) is 93.2 Å². The zero-order valence-electron chi connectivity index (χ0n) is 20.2. The first-order chi connectivity index (χ1) is 17.6. The van der Waals surface area contributed by atoms with E-state index in [-0.39, 0.29) is 11.2 Å². The fourth-order valence-corrected chi connectivity index (χ4v) is 5.62. The predicted molar refractivity (Wildman–Crippen MR) is 138 cm³/mol. The van der Waals surface area contributed by atoms with E-state index in [9.17, 15) is 9.59 Å². The average Bonchev–Trinajstić information content (AvgIpc) is 2.89. The summed E-state index contributed by atoms with van der Waals surface area (Å²) in [5, 5.41) is 0.838. The van der Waals surface area contributed by atoms with Gasteiger partial charge in [-0.05, 0) is 54.3 Å². The average molecular weight is 485 g/mol. The smallest absolute Gasteiger partial charge is 0.344 e. The highest BCUT2D eigenvalue weighted by Crippen LogP contribution is 2.34. The van der Waals surface area contributed by atoms with Gasteiger partial charge < -0.3 is 18.5 Å². The summed E-state index contributed by atoms with van der Waals surface area (Å²) in [5.74, 6) is 2.29. The number of piperidine rings is 1. The first-order valence-electron chi connectivity index (χ1n) is 12.3. The van der Waals surface area contributed by atoms with Crippen LogP contribution in [0.25, 0.3) is 22.1 Å². The first-order valence-corrected chi connectivity index (χ1v) is 12.3. The van der Waals surface area contributed by atoms with Crippen molar-refractivity contribution in [1.82, 2.24) is 9.47 Å². The van der Waals surface area contributed by atoms with E-state index in [1.54, 1.807) is 19.2 Å². The number of ether oxygens (including phenoxy) is 2. The topological polar surface area (TPSA) is 73.9 Å². The lowest BCUT2D eigenvalue weighted by atomic mass is 9.83. The predicted octanol–water partition coefficient (Wildman–Crippen LogP) is 4.13. The molecule has 6 rings (SSSR count). The Morgan fingerprint density at radius 2 is 1.78 bits per heavy atom. The van der Waals surface area contributed by atoms with Crippen LogP contribution in [0, 0.1) is 5.92 Å². The quantitative estimate of drug-likeness (QED) is 0.383. The number of pyridine rings is 1. The maximum atomic E-state index is 12.7. The van der Waals surface area contributed by atoms with Crippen molar-refractivity contribution in [2.45, 2.75) is 18.9 Å². The molecule has 0 aliphatic carbocycles. The van der Waals surface area contributed by atoms with Gasteiger partial charge in [0.15, 0.2) is 0 Å². The molecule has 0 saturated carbocycles. The van der Waals surface area contributed by atoms with Gasteiger partial charge in [-0.2, -0.15) is 0 Å². The van der Waals surface area contributed by atoms with Crippen LogP contribution in [0.2, 0.25) is 0 Å². The minimum atomic E-state index is -0.385. The van der Waals surface area contributed by atoms with Crippen LogP contribution in [0.1, 0.15) is 18.0 Å². The number of hydrogen-bond donors (Lipinski definition) is 0. The summed E-state index contributed by atoms with van der Waals surface area (Å²) >= 11 is 0. The lowest BCUT2D eigenvalue weighted by Gasteiger charge is -2.42. The normalized spacial score (nSPS) is 19.1. The van der Waals surface area contributed by atoms with Crippen molar-refractivity contribution in [2.24, 2.45) is 5.92 Å². The molecule has 2 aromatic carbocycles. The minimum Gasteiger partial charge on any atom is -0.497 e. The van der Waals surface area contributed by atoms with E-state index in [4.69, 9.17) is 13.9 Å². The third-order valence-electron chi connectivity index (χ3n) is 7.34. The minimum absolute atomic E-state index is 0.109. The lowest BCUT2D eigenvalue weighted by molar-refractivity contribution is 0.104. The molecule has 4 aromatic rings. The van der Waals surface area contributed by atoms with Crippen molar-refractivity contribution < 1.29 is 13.9 Å². The molecule has 7 heteroatoms. The fourth-order valence-electron chi connectivity index (χ4n) is 5.62. The SMILES string of the molecule is COc1ccc(-c2cc3ccc(OCCN4C[C@@H]5C[C@@H](C4)c4cccc(=O)n4C5)cc3oc2=O)cc1. The van der Waals surface area contributed by atoms with Gasteiger partial charge in [0.1, 0.15) is 23.7 Å². The van der Waals surface area contributed by atoms with Crippen LogP contribution >= 0.6 is 0 Å². The molecule has 2 aliphatic rings. The zero-order chi connectivity index (χ0) is 24.6. The van der Waals surface area contributed by atoms with Gasteiger partial charge in [-0.15, -0.1) is 0 Å². The molecular formula is C29H28N2O5. The summed E-state index contributed by atoms with van der Waals surface area (Å²) in [6.07, 6.45) is 1.14. The van der Waals surface area contributed by atoms with Crippen LogP contribution in [-0.2, 0) is 6.54 Å². The van der Waals surface area contributed by atoms with Crippen molar-refractivity contribution >= 4 is 11.0 Å². The van der Waals surface area contributed by atoms with E-state index < -0.39 is 0 Å². The van der Waals surface area contributed by atoms with E-state index in [1.807, 2.05) is 53.1 Å². The van der Waals surface area contributed by atoms with Gasteiger partial charge in [0.25, 0.3) is 5.56 Å². The zero-order valence-corrected chi connectivity index (χ0v) is 20.2. The van der Waals surface area contributed by atoms with Crippen molar-refractivity contribution in [3.63, 3.8) is 0 Å². The molecule has 36 heavy (non-hydrogen) atoms. The summed E-state index contributed by atoms with van der Waals surface area (Å²) in [5.41, 5.74) is 2.68. The molecule has 2 aromatic heterocycles. The molecule has 1 fully saturated rings. The molecule has 1 saturated heterocycles. The van der Waals surface area contributed by atoms with E-state index >= 15 is 0 Å². The summed E-state index contributed by atoms with van der Waals surface area (Å²) in [7, 11) is 1.61. The Labute approximate surface area is 208 Å². The number of hydrogen-bond acceptors (Lipinski definition) is 6. The Hall–Kier alpha value is -3.84. The molecule has 4 heterocycles. The van der Waals surface area contributed by atoms with E-state index in [0.29, 0.717) is 35.3 Å². The van der Waals surface area contributed by atoms with Crippen LogP contribution in [0.3, 0.4) is 0 Å². The second-order valence-corrected chi connectivity index (χ2v) is 9.68. The molecule has 0 N–H and O–H groups in total. The molecule has 7 nitrogen and oxygen atoms in total. The van der Waals surface area contributed by atoms with Gasteiger partial charge in [0.2, 0.25) is 0 Å². The van der Waals surface area contributed by atoms with Gasteiger partial charge >= 0.3 is 5.63 Å². The van der Waals surface area contributed by atoms with E-state index in [0.717, 1.165) is 55.0 Å². The maximum Gasteiger partial charge on any atom is 0.344 e. The number of nitrogens with zero attached hydrogens (tertiary/aromatic N) is 2. The Morgan fingerprint density at radius 1 is 0.944 bits per heavy atom. The Morgan fingerprint density at radius 3 is 2.61 bits per heavy atom. The molecular weight excluding hydrogens is 456 g/mol. The Bertz CT molecular complexity index is 1520. The summed E-state index contributed by atoms with van der Waals surface area (Å²) in [6.45, 7) is 4.06. The van der Waals surface area contributed by atoms with Crippen LogP contribution in [0.5, 0.6) is 11.5 Å². The first kappa shape index (κ1) is 22.6. The van der Waals surface area contributed by atoms with Gasteiger partial charge in [-0.25, -0.2) is 4.79 Å². The highest BCUT2D eigenvalue weighted by molar-refractivity contribution is 5.82. The van der Waals surface area contributed by atoms with Gasteiger partial charge in [0.05, 0.1) is 12.7 Å². The van der Waals surface area contributed by atoms with Crippen molar-refractivity contribution in [1.29, 1.82) is 0 Å². The highest BCUT2D eigenvalue weighted by atomic mass is 16.5. The molecule has 2 aliphatic heterocycles. The molecule has 0 radical (unpaired) electrons. The third-order valence-corrected chi connectivity index (χ3v) is 7.34. The summed E-state index contributed by atoms with van der Waals surface area (Å²) in [4.78, 5) is 27.3.